The molecule has 1 aliphatic heterocycles. The minimum atomic E-state index is -2.24. The Kier molecular flexibility index (Phi) is 3.64. The topological polar surface area (TPSA) is 40.5 Å². The Morgan fingerprint density at radius 2 is 2.31 bits per heavy atom. The van der Waals surface area contributed by atoms with Gasteiger partial charge in [-0.3, -0.25) is 0 Å². The molecule has 3 nitrogen and oxygen atoms in total. The first-order valence-electron chi connectivity index (χ1n) is 5.26. The average molecular weight is 345 g/mol. The third-order valence-corrected chi connectivity index (χ3v) is 10.6. The van der Waals surface area contributed by atoms with Gasteiger partial charge < -0.3 is 0 Å². The molecular formula is C11H13ClNO2Sn. The van der Waals surface area contributed by atoms with E-state index >= 15 is 0 Å². The van der Waals surface area contributed by atoms with Crippen LogP contribution in [0.5, 0.6) is 0 Å². The Labute approximate surface area is 106 Å². The molecule has 0 bridgehead atoms. The Hall–Kier alpha value is -0.421. The van der Waals surface area contributed by atoms with Gasteiger partial charge in [0.2, 0.25) is 0 Å². The number of aliphatic carboxylic acids is 1. The number of hydrogen-bond acceptors (Lipinski definition) is 2. The van der Waals surface area contributed by atoms with E-state index in [4.69, 9.17) is 8.92 Å². The van der Waals surface area contributed by atoms with Crippen molar-refractivity contribution in [1.29, 1.82) is 0 Å². The maximum absolute atomic E-state index is 11.2. The standard InChI is InChI=1S/C9H8NO2.C2H5.ClH.Sn/c11-9(12)8-5-6-3-1-2-4-7(6)10-8;1-2;;/h1-4,8H,5H2,(H,11,12);1H2,2H3;1H;/q-1;;;+2/p-1. The van der Waals surface area contributed by atoms with Crippen LogP contribution in [-0.2, 0) is 11.2 Å². The second kappa shape index (κ2) is 4.83. The first-order valence-corrected chi connectivity index (χ1v) is 12.2. The average Bonchev–Trinajstić information content (AvgIpc) is 2.67. The number of anilines is 1. The Morgan fingerprint density at radius 3 is 2.94 bits per heavy atom. The second-order valence-corrected chi connectivity index (χ2v) is 12.3. The van der Waals surface area contributed by atoms with Gasteiger partial charge in [0.25, 0.3) is 0 Å². The third kappa shape index (κ3) is 2.02. The number of nitrogens with zero attached hydrogens (tertiary/aromatic N) is 1. The monoisotopic (exact) mass is 346 g/mol. The van der Waals surface area contributed by atoms with Crippen LogP contribution in [0.4, 0.5) is 5.69 Å². The van der Waals surface area contributed by atoms with Crippen LogP contribution >= 0.6 is 8.92 Å². The molecule has 0 aromatic heterocycles. The van der Waals surface area contributed by atoms with Crippen molar-refractivity contribution in [2.24, 2.45) is 0 Å². The van der Waals surface area contributed by atoms with Crippen LogP contribution < -0.4 is 3.12 Å². The van der Waals surface area contributed by atoms with Gasteiger partial charge in [-0.1, -0.05) is 0 Å². The molecule has 1 aromatic rings. The molecule has 1 aromatic carbocycles. The van der Waals surface area contributed by atoms with E-state index in [0.717, 1.165) is 15.7 Å². The molecule has 0 saturated heterocycles. The summed E-state index contributed by atoms with van der Waals surface area (Å²) in [5.74, 6) is -0.761. The van der Waals surface area contributed by atoms with Gasteiger partial charge in [-0.05, 0) is 0 Å². The van der Waals surface area contributed by atoms with Gasteiger partial charge in [0.1, 0.15) is 0 Å². The van der Waals surface area contributed by atoms with E-state index in [1.54, 1.807) is 0 Å². The molecule has 1 radical (unpaired) electrons. The molecule has 1 unspecified atom stereocenters. The van der Waals surface area contributed by atoms with Crippen molar-refractivity contribution in [3.63, 3.8) is 0 Å². The number of carbonyl (C=O) groups is 1. The van der Waals surface area contributed by atoms with Gasteiger partial charge in [0.05, 0.1) is 0 Å². The fraction of sp³-hybridized carbons (Fsp3) is 0.364. The minimum absolute atomic E-state index is 0.441. The second-order valence-electron chi connectivity index (χ2n) is 3.79. The molecule has 0 fully saturated rings. The molecule has 1 atom stereocenters. The molecule has 0 amide bonds. The van der Waals surface area contributed by atoms with E-state index in [1.807, 2.05) is 34.3 Å². The number of halogens is 1. The molecule has 85 valence electrons. The summed E-state index contributed by atoms with van der Waals surface area (Å²) in [6.07, 6.45) is 0.586. The molecular weight excluding hydrogens is 332 g/mol. The molecule has 0 saturated carbocycles. The van der Waals surface area contributed by atoms with Crippen LogP contribution in [-0.4, -0.2) is 36.0 Å². The third-order valence-electron chi connectivity index (χ3n) is 2.81. The van der Waals surface area contributed by atoms with Crippen LogP contribution in [0.1, 0.15) is 12.5 Å². The number of hydrogen-bond donors (Lipinski definition) is 1. The van der Waals surface area contributed by atoms with Gasteiger partial charge in [0, 0.05) is 0 Å². The van der Waals surface area contributed by atoms with Crippen LogP contribution in [0, 0.1) is 0 Å². The molecule has 5 heteroatoms. The number of para-hydroxylation sites is 1. The van der Waals surface area contributed by atoms with Crippen molar-refractivity contribution in [1.82, 2.24) is 0 Å². The summed E-state index contributed by atoms with van der Waals surface area (Å²) in [5, 5.41) is 9.23. The summed E-state index contributed by atoms with van der Waals surface area (Å²) < 4.78 is 2.92. The summed E-state index contributed by atoms with van der Waals surface area (Å²) in [6.45, 7) is 2.04. The SMILES string of the molecule is C[CH2][Sn]([Cl])[N]1c2ccccc2CC1C(=O)O. The molecule has 1 heterocycles. The van der Waals surface area contributed by atoms with Crippen LogP contribution in [0.15, 0.2) is 24.3 Å². The van der Waals surface area contributed by atoms with Gasteiger partial charge in [-0.15, -0.1) is 0 Å². The molecule has 0 aliphatic carbocycles. The van der Waals surface area contributed by atoms with E-state index in [9.17, 15) is 9.90 Å². The van der Waals surface area contributed by atoms with Crippen molar-refractivity contribution in [3.8, 4) is 0 Å². The summed E-state index contributed by atoms with van der Waals surface area (Å²) in [7, 11) is 6.40. The Morgan fingerprint density at radius 1 is 1.62 bits per heavy atom. The van der Waals surface area contributed by atoms with Gasteiger partial charge in [-0.2, -0.15) is 0 Å². The summed E-state index contributed by atoms with van der Waals surface area (Å²) >= 11 is -2.24. The number of carboxylic acids is 1. The van der Waals surface area contributed by atoms with Crippen molar-refractivity contribution in [3.05, 3.63) is 29.8 Å². The van der Waals surface area contributed by atoms with Crippen molar-refractivity contribution in [2.75, 3.05) is 3.12 Å². The fourth-order valence-corrected chi connectivity index (χ4v) is 7.34. The summed E-state index contributed by atoms with van der Waals surface area (Å²) in [5.41, 5.74) is 2.16. The van der Waals surface area contributed by atoms with E-state index in [2.05, 4.69) is 0 Å². The fourth-order valence-electron chi connectivity index (χ4n) is 2.05. The quantitative estimate of drug-likeness (QED) is 0.855. The van der Waals surface area contributed by atoms with Gasteiger partial charge in [-0.25, -0.2) is 0 Å². The predicted octanol–water partition coefficient (Wildman–Crippen LogP) is 2.25. The Balaban J connectivity index is 2.39. The number of rotatable bonds is 3. The van der Waals surface area contributed by atoms with Gasteiger partial charge >= 0.3 is 106 Å². The van der Waals surface area contributed by atoms with E-state index in [1.165, 1.54) is 0 Å². The van der Waals surface area contributed by atoms with Crippen LogP contribution in [0.3, 0.4) is 0 Å². The molecule has 16 heavy (non-hydrogen) atoms. The first-order chi connectivity index (χ1) is 7.65. The van der Waals surface area contributed by atoms with Crippen molar-refractivity contribution >= 4 is 39.5 Å². The van der Waals surface area contributed by atoms with E-state index in [0.29, 0.717) is 6.42 Å². The number of carboxylic acid groups (broad SMARTS) is 1. The number of benzene rings is 1. The number of fused-ring (bicyclic) bond motifs is 1. The zero-order chi connectivity index (χ0) is 11.7. The normalized spacial score (nSPS) is 18.9. The van der Waals surface area contributed by atoms with Gasteiger partial charge in [0.15, 0.2) is 0 Å². The molecule has 2 rings (SSSR count). The zero-order valence-electron chi connectivity index (χ0n) is 8.98. The predicted molar refractivity (Wildman–Crippen MR) is 66.1 cm³/mol. The first kappa shape index (κ1) is 12.0. The molecule has 1 N–H and O–H groups in total. The van der Waals surface area contributed by atoms with E-state index in [-0.39, 0.29) is 0 Å². The Bertz CT molecular complexity index is 413. The molecule has 0 spiro atoms. The van der Waals surface area contributed by atoms with Crippen molar-refractivity contribution in [2.45, 2.75) is 23.8 Å². The summed E-state index contributed by atoms with van der Waals surface area (Å²) in [6, 6.07) is 7.43. The zero-order valence-corrected chi connectivity index (χ0v) is 12.6. The van der Waals surface area contributed by atoms with E-state index < -0.39 is 30.9 Å². The molecule has 1 aliphatic rings. The van der Waals surface area contributed by atoms with Crippen molar-refractivity contribution < 1.29 is 9.90 Å². The van der Waals surface area contributed by atoms with Crippen LogP contribution in [0.25, 0.3) is 0 Å². The van der Waals surface area contributed by atoms with Crippen LogP contribution in [0.2, 0.25) is 4.44 Å². The summed E-state index contributed by atoms with van der Waals surface area (Å²) in [4.78, 5) is 11.2. The maximum atomic E-state index is 11.2.